The van der Waals surface area contributed by atoms with E-state index in [-0.39, 0.29) is 17.7 Å². The van der Waals surface area contributed by atoms with Crippen molar-refractivity contribution in [3.63, 3.8) is 0 Å². The molecule has 0 bridgehead atoms. The number of hydrogen-bond acceptors (Lipinski definition) is 5. The van der Waals surface area contributed by atoms with Gasteiger partial charge in [0.1, 0.15) is 11.9 Å². The second-order valence-corrected chi connectivity index (χ2v) is 11.2. The topological polar surface area (TPSA) is 69.5 Å². The Labute approximate surface area is 215 Å². The normalized spacial score (nSPS) is 21.8. The van der Waals surface area contributed by atoms with Crippen LogP contribution < -0.4 is 4.74 Å². The van der Waals surface area contributed by atoms with Gasteiger partial charge in [0.15, 0.2) is 17.4 Å². The van der Waals surface area contributed by atoms with Crippen molar-refractivity contribution in [2.75, 3.05) is 0 Å². The number of amides is 1. The molecular formula is C27H30ClFN4O3. The second-order valence-electron chi connectivity index (χ2n) is 10.5. The van der Waals surface area contributed by atoms with Gasteiger partial charge in [-0.05, 0) is 75.8 Å². The lowest BCUT2D eigenvalue weighted by molar-refractivity contribution is 0.0214. The highest BCUT2D eigenvalue weighted by atomic mass is 35.5. The largest absolute Gasteiger partial charge is 0.487 e. The number of aromatic nitrogens is 3. The second kappa shape index (κ2) is 9.39. The summed E-state index contributed by atoms with van der Waals surface area (Å²) in [5, 5.41) is 8.27. The van der Waals surface area contributed by atoms with Gasteiger partial charge in [-0.1, -0.05) is 24.3 Å². The number of halogens is 2. The first-order valence-electron chi connectivity index (χ1n) is 12.2. The summed E-state index contributed by atoms with van der Waals surface area (Å²) in [7, 11) is 0. The zero-order valence-electron chi connectivity index (χ0n) is 20.7. The van der Waals surface area contributed by atoms with E-state index >= 15 is 0 Å². The predicted octanol–water partition coefficient (Wildman–Crippen LogP) is 6.11. The van der Waals surface area contributed by atoms with E-state index in [1.165, 1.54) is 6.07 Å². The molecule has 2 aromatic carbocycles. The monoisotopic (exact) mass is 512 g/mol. The molecule has 2 heterocycles. The highest BCUT2D eigenvalue weighted by Gasteiger charge is 2.37. The Hall–Kier alpha value is -3.13. The molecule has 1 fully saturated rings. The minimum absolute atomic E-state index is 0.0863. The molecule has 0 radical (unpaired) electrons. The molecule has 1 aliphatic carbocycles. The number of alkyl halides is 1. The molecule has 7 nitrogen and oxygen atoms in total. The Balaban J connectivity index is 1.37. The van der Waals surface area contributed by atoms with Crippen LogP contribution in [0.2, 0.25) is 0 Å². The van der Waals surface area contributed by atoms with Crippen LogP contribution in [0.5, 0.6) is 5.75 Å². The Morgan fingerprint density at radius 3 is 2.61 bits per heavy atom. The third-order valence-corrected chi connectivity index (χ3v) is 7.27. The molecule has 1 saturated carbocycles. The third kappa shape index (κ3) is 5.05. The number of carbonyl (C=O) groups excluding carboxylic acids is 1. The van der Waals surface area contributed by atoms with Crippen molar-refractivity contribution in [2.45, 2.75) is 76.1 Å². The molecule has 0 atom stereocenters. The Morgan fingerprint density at radius 1 is 1.14 bits per heavy atom. The molecule has 1 amide bonds. The fraction of sp³-hybridized carbons (Fsp3) is 0.444. The molecule has 0 saturated heterocycles. The van der Waals surface area contributed by atoms with Crippen molar-refractivity contribution in [1.82, 2.24) is 19.7 Å². The van der Waals surface area contributed by atoms with Crippen LogP contribution in [0.4, 0.5) is 9.18 Å². The highest BCUT2D eigenvalue weighted by Crippen LogP contribution is 2.45. The summed E-state index contributed by atoms with van der Waals surface area (Å²) in [6.07, 6.45) is 4.00. The van der Waals surface area contributed by atoms with Gasteiger partial charge < -0.3 is 9.47 Å². The van der Waals surface area contributed by atoms with Crippen molar-refractivity contribution < 1.29 is 18.7 Å². The van der Waals surface area contributed by atoms with E-state index in [1.807, 2.05) is 37.5 Å². The number of carbonyl (C=O) groups is 1. The average Bonchev–Trinajstić information content (AvgIpc) is 3.22. The first-order chi connectivity index (χ1) is 17.1. The molecule has 0 unspecified atom stereocenters. The minimum Gasteiger partial charge on any atom is -0.487 e. The number of rotatable bonds is 3. The minimum atomic E-state index is -0.606. The van der Waals surface area contributed by atoms with Crippen molar-refractivity contribution in [1.29, 1.82) is 0 Å². The summed E-state index contributed by atoms with van der Waals surface area (Å²) in [5.74, 6) is 0.592. The third-order valence-electron chi connectivity index (χ3n) is 6.68. The summed E-state index contributed by atoms with van der Waals surface area (Å²) in [6, 6.07) is 12.6. The van der Waals surface area contributed by atoms with Gasteiger partial charge in [0.05, 0.1) is 29.8 Å². The SMILES string of the molecule is CC(C)(C)OC(=O)N1Cc2cc(C3(Cl)CCC(Oc4ccccc4F)CC3)ccc2-n2cnnc2C1. The van der Waals surface area contributed by atoms with Gasteiger partial charge in [-0.25, -0.2) is 9.18 Å². The van der Waals surface area contributed by atoms with Crippen LogP contribution in [0, 0.1) is 5.82 Å². The standard InChI is InChI=1S/C27H30ClFN4O3/c1-26(2,3)36-25(34)32-15-18-14-19(8-9-22(18)33-17-30-31-24(33)16-32)27(28)12-10-20(11-13-27)35-23-7-5-4-6-21(23)29/h4-9,14,17,20H,10-13,15-16H2,1-3H3. The molecule has 1 aromatic heterocycles. The van der Waals surface area contributed by atoms with E-state index in [4.69, 9.17) is 21.1 Å². The summed E-state index contributed by atoms with van der Waals surface area (Å²) < 4.78 is 27.5. The van der Waals surface area contributed by atoms with Crippen LogP contribution in [0.15, 0.2) is 48.8 Å². The first-order valence-corrected chi connectivity index (χ1v) is 12.6. The van der Waals surface area contributed by atoms with E-state index in [2.05, 4.69) is 16.3 Å². The predicted molar refractivity (Wildman–Crippen MR) is 134 cm³/mol. The van der Waals surface area contributed by atoms with E-state index < -0.39 is 16.6 Å². The Morgan fingerprint density at radius 2 is 1.89 bits per heavy atom. The molecule has 0 spiro atoms. The van der Waals surface area contributed by atoms with Crippen LogP contribution in [0.25, 0.3) is 5.69 Å². The molecular weight excluding hydrogens is 483 g/mol. The zero-order chi connectivity index (χ0) is 25.5. The van der Waals surface area contributed by atoms with Gasteiger partial charge >= 0.3 is 6.09 Å². The lowest BCUT2D eigenvalue weighted by Crippen LogP contribution is -2.36. The molecule has 5 rings (SSSR count). The Bertz CT molecular complexity index is 1260. The van der Waals surface area contributed by atoms with Crippen LogP contribution >= 0.6 is 11.6 Å². The van der Waals surface area contributed by atoms with Gasteiger partial charge in [-0.2, -0.15) is 0 Å². The average molecular weight is 513 g/mol. The van der Waals surface area contributed by atoms with Crippen LogP contribution in [-0.4, -0.2) is 37.5 Å². The lowest BCUT2D eigenvalue weighted by Gasteiger charge is -2.36. The maximum atomic E-state index is 14.0. The fourth-order valence-corrected chi connectivity index (χ4v) is 5.19. The number of fused-ring (bicyclic) bond motifs is 3. The van der Waals surface area contributed by atoms with Crippen LogP contribution in [0.3, 0.4) is 0 Å². The van der Waals surface area contributed by atoms with Gasteiger partial charge in [0.2, 0.25) is 0 Å². The number of hydrogen-bond donors (Lipinski definition) is 0. The van der Waals surface area contributed by atoms with Gasteiger partial charge in [0, 0.05) is 0 Å². The van der Waals surface area contributed by atoms with Crippen molar-refractivity contribution >= 4 is 17.7 Å². The molecule has 3 aromatic rings. The van der Waals surface area contributed by atoms with Gasteiger partial charge in [0.25, 0.3) is 0 Å². The fourth-order valence-electron chi connectivity index (χ4n) is 4.86. The Kier molecular flexibility index (Phi) is 6.41. The number of nitrogens with zero attached hydrogens (tertiary/aromatic N) is 4. The zero-order valence-corrected chi connectivity index (χ0v) is 21.5. The molecule has 36 heavy (non-hydrogen) atoms. The molecule has 0 N–H and O–H groups in total. The summed E-state index contributed by atoms with van der Waals surface area (Å²) in [5.41, 5.74) is 2.25. The smallest absolute Gasteiger partial charge is 0.411 e. The van der Waals surface area contributed by atoms with Crippen molar-refractivity contribution in [2.24, 2.45) is 0 Å². The van der Waals surface area contributed by atoms with E-state index in [9.17, 15) is 9.18 Å². The number of benzene rings is 2. The van der Waals surface area contributed by atoms with E-state index in [1.54, 1.807) is 29.4 Å². The van der Waals surface area contributed by atoms with Gasteiger partial charge in [-0.15, -0.1) is 21.8 Å². The van der Waals surface area contributed by atoms with Crippen LogP contribution in [-0.2, 0) is 22.7 Å². The molecule has 1 aliphatic heterocycles. The molecule has 190 valence electrons. The quantitative estimate of drug-likeness (QED) is 0.396. The molecule has 9 heteroatoms. The summed E-state index contributed by atoms with van der Waals surface area (Å²) in [6.45, 7) is 6.20. The number of ether oxygens (including phenoxy) is 2. The van der Waals surface area contributed by atoms with Gasteiger partial charge in [-0.3, -0.25) is 9.47 Å². The van der Waals surface area contributed by atoms with Crippen molar-refractivity contribution in [3.05, 3.63) is 71.6 Å². The van der Waals surface area contributed by atoms with E-state index in [0.717, 1.165) is 16.8 Å². The summed E-state index contributed by atoms with van der Waals surface area (Å²) in [4.78, 5) is 14.0. The maximum Gasteiger partial charge on any atom is 0.411 e. The van der Waals surface area contributed by atoms with Crippen LogP contribution in [0.1, 0.15) is 63.4 Å². The van der Waals surface area contributed by atoms with E-state index in [0.29, 0.717) is 44.6 Å². The van der Waals surface area contributed by atoms with Crippen molar-refractivity contribution in [3.8, 4) is 11.4 Å². The molecule has 2 aliphatic rings. The lowest BCUT2D eigenvalue weighted by atomic mass is 9.81. The maximum absolute atomic E-state index is 14.0. The summed E-state index contributed by atoms with van der Waals surface area (Å²) >= 11 is 7.18. The highest BCUT2D eigenvalue weighted by molar-refractivity contribution is 6.24. The first kappa shape index (κ1) is 24.6. The number of para-hydroxylation sites is 1.